The number of carbonyl (C=O) groups is 1. The molecule has 2 aromatic carbocycles. The first-order chi connectivity index (χ1) is 12.3. The maximum atomic E-state index is 12.6. The van der Waals surface area contributed by atoms with E-state index in [0.29, 0.717) is 10.1 Å². The van der Waals surface area contributed by atoms with Crippen molar-refractivity contribution in [2.75, 3.05) is 5.32 Å². The molecule has 0 bridgehead atoms. The van der Waals surface area contributed by atoms with Crippen molar-refractivity contribution in [2.24, 2.45) is 0 Å². The molecule has 0 aliphatic carbocycles. The fourth-order valence-electron chi connectivity index (χ4n) is 2.40. The van der Waals surface area contributed by atoms with E-state index in [2.05, 4.69) is 20.9 Å². The summed E-state index contributed by atoms with van der Waals surface area (Å²) in [6.07, 6.45) is -6.60. The van der Waals surface area contributed by atoms with Crippen molar-refractivity contribution >= 4 is 31.6 Å². The van der Waals surface area contributed by atoms with Crippen LogP contribution < -0.4 is 5.32 Å². The number of para-hydroxylation sites is 1. The summed E-state index contributed by atoms with van der Waals surface area (Å²) in [7, 11) is 0. The van der Waals surface area contributed by atoms with Gasteiger partial charge in [0.15, 0.2) is 0 Å². The van der Waals surface area contributed by atoms with E-state index in [-0.39, 0.29) is 5.56 Å². The summed E-state index contributed by atoms with van der Waals surface area (Å²) in [5.41, 5.74) is 1.50. The number of ketones is 1. The molecule has 6 nitrogen and oxygen atoms in total. The molecule has 0 saturated carbocycles. The van der Waals surface area contributed by atoms with Crippen LogP contribution in [-0.4, -0.2) is 70.7 Å². The van der Waals surface area contributed by atoms with E-state index in [9.17, 15) is 25.2 Å². The zero-order valence-corrected chi connectivity index (χ0v) is 15.8. The average Bonchev–Trinajstić information content (AvgIpc) is 2.66. The first-order valence-corrected chi connectivity index (χ1v) is 8.90. The molecule has 2 rings (SSSR count). The number of benzene rings is 2. The van der Waals surface area contributed by atoms with Crippen LogP contribution in [0.5, 0.6) is 0 Å². The summed E-state index contributed by atoms with van der Waals surface area (Å²) in [4.78, 5) is 12.6. The Hall–Kier alpha value is -1.86. The second kappa shape index (κ2) is 9.19. The fraction of sp³-hybridized carbons (Fsp3) is 0.263. The van der Waals surface area contributed by atoms with Crippen LogP contribution in [0.25, 0.3) is 0 Å². The van der Waals surface area contributed by atoms with Crippen LogP contribution in [0.4, 0.5) is 5.69 Å². The zero-order chi connectivity index (χ0) is 19.3. The molecule has 26 heavy (non-hydrogen) atoms. The molecule has 0 aromatic heterocycles. The van der Waals surface area contributed by atoms with Crippen LogP contribution in [0.15, 0.2) is 54.6 Å². The molecule has 0 fully saturated rings. The topological polar surface area (TPSA) is 110 Å². The number of nitrogens with one attached hydrogen (secondary N) is 1. The van der Waals surface area contributed by atoms with Gasteiger partial charge in [-0.3, -0.25) is 0 Å². The summed E-state index contributed by atoms with van der Waals surface area (Å²) in [6.45, 7) is 1.26. The van der Waals surface area contributed by atoms with Gasteiger partial charge in [-0.25, -0.2) is 0 Å². The van der Waals surface area contributed by atoms with Crippen molar-refractivity contribution in [3.8, 4) is 0 Å². The van der Waals surface area contributed by atoms with Gasteiger partial charge in [0, 0.05) is 0 Å². The molecular formula is C19H21NO5Se. The molecule has 0 amide bonds. The molecule has 0 aliphatic heterocycles. The minimum atomic E-state index is -1.87. The van der Waals surface area contributed by atoms with E-state index in [1.165, 1.54) is 13.0 Å². The van der Waals surface area contributed by atoms with E-state index in [0.717, 1.165) is 5.69 Å². The van der Waals surface area contributed by atoms with Gasteiger partial charge in [0.1, 0.15) is 0 Å². The van der Waals surface area contributed by atoms with Crippen LogP contribution in [0.2, 0.25) is 0 Å². The van der Waals surface area contributed by atoms with Gasteiger partial charge in [0.05, 0.1) is 0 Å². The quantitative estimate of drug-likeness (QED) is 0.305. The molecule has 2 aromatic rings. The van der Waals surface area contributed by atoms with Gasteiger partial charge < -0.3 is 0 Å². The van der Waals surface area contributed by atoms with E-state index in [1.807, 2.05) is 30.3 Å². The average molecular weight is 422 g/mol. The van der Waals surface area contributed by atoms with Crippen molar-refractivity contribution in [1.29, 1.82) is 0 Å². The minimum absolute atomic E-state index is 0.175. The van der Waals surface area contributed by atoms with E-state index < -0.39 is 30.2 Å². The van der Waals surface area contributed by atoms with E-state index in [1.54, 1.807) is 18.2 Å². The first kappa shape index (κ1) is 20.5. The Bertz CT molecular complexity index is 766. The molecule has 0 spiro atoms. The number of Topliss-reactive ketones (excluding diaryl/α,β-unsaturated/α-hetero) is 1. The molecule has 0 unspecified atom stereocenters. The third kappa shape index (κ3) is 4.86. The number of aliphatic hydroxyl groups is 4. The Kier molecular flexibility index (Phi) is 7.23. The second-order valence-corrected chi connectivity index (χ2v) is 6.75. The summed E-state index contributed by atoms with van der Waals surface area (Å²) >= 11 is 2.87. The van der Waals surface area contributed by atoms with Crippen LogP contribution in [-0.2, 0) is 0 Å². The van der Waals surface area contributed by atoms with Crippen molar-refractivity contribution in [3.63, 3.8) is 0 Å². The van der Waals surface area contributed by atoms with Gasteiger partial charge in [-0.1, -0.05) is 0 Å². The predicted octanol–water partition coefficient (Wildman–Crippen LogP) is 0.0914. The van der Waals surface area contributed by atoms with Crippen molar-refractivity contribution in [3.05, 3.63) is 65.7 Å². The Morgan fingerprint density at radius 2 is 1.42 bits per heavy atom. The first-order valence-electron chi connectivity index (χ1n) is 8.05. The number of rotatable bonds is 8. The predicted molar refractivity (Wildman–Crippen MR) is 100 cm³/mol. The normalized spacial score (nSPS) is 15.6. The van der Waals surface area contributed by atoms with Crippen LogP contribution >= 0.6 is 0 Å². The third-order valence-electron chi connectivity index (χ3n) is 3.91. The molecule has 0 heterocycles. The molecule has 138 valence electrons. The SMILES string of the molecule is C[C@@H](O)[C@@H](O)[C@H](O)[C@@H](O)C(=O)c1ccccc1C(=[Se])Nc1ccccc1. The monoisotopic (exact) mass is 423 g/mol. The standard InChI is InChI=1S/C19H21NO5Se/c1-11(21)15(22)17(24)18(25)16(23)13-9-5-6-10-14(13)19(26)20-12-7-3-2-4-8-12/h2-11,15,17-18,21-22,24-25H,1H3,(H,20,26)/t11-,15-,17+,18+/m1/s1. The summed E-state index contributed by atoms with van der Waals surface area (Å²) < 4.78 is 0.568. The molecule has 7 heteroatoms. The number of hydrogen-bond donors (Lipinski definition) is 5. The van der Waals surface area contributed by atoms with Gasteiger partial charge >= 0.3 is 159 Å². The van der Waals surface area contributed by atoms with Gasteiger partial charge in [-0.15, -0.1) is 0 Å². The number of anilines is 1. The second-order valence-electron chi connectivity index (χ2n) is 5.90. The van der Waals surface area contributed by atoms with E-state index >= 15 is 0 Å². The summed E-state index contributed by atoms with van der Waals surface area (Å²) in [5, 5.41) is 42.3. The van der Waals surface area contributed by atoms with Gasteiger partial charge in [0.25, 0.3) is 0 Å². The fourth-order valence-corrected chi connectivity index (χ4v) is 3.02. The molecule has 0 aliphatic rings. The Balaban J connectivity index is 2.25. The van der Waals surface area contributed by atoms with Crippen LogP contribution in [0.1, 0.15) is 22.8 Å². The van der Waals surface area contributed by atoms with Crippen LogP contribution in [0.3, 0.4) is 0 Å². The Morgan fingerprint density at radius 1 is 0.885 bits per heavy atom. The van der Waals surface area contributed by atoms with Crippen LogP contribution in [0, 0.1) is 0 Å². The number of hydrogen-bond acceptors (Lipinski definition) is 6. The molecular weight excluding hydrogens is 401 g/mol. The Morgan fingerprint density at radius 3 is 2.00 bits per heavy atom. The molecule has 4 atom stereocenters. The van der Waals surface area contributed by atoms with Gasteiger partial charge in [-0.05, 0) is 0 Å². The zero-order valence-electron chi connectivity index (χ0n) is 14.1. The van der Waals surface area contributed by atoms with Crippen molar-refractivity contribution < 1.29 is 25.2 Å². The Labute approximate surface area is 159 Å². The number of carbonyl (C=O) groups excluding carboxylic acids is 1. The molecule has 0 radical (unpaired) electrons. The third-order valence-corrected chi connectivity index (χ3v) is 4.58. The summed E-state index contributed by atoms with van der Waals surface area (Å²) in [5.74, 6) is -0.754. The van der Waals surface area contributed by atoms with Crippen molar-refractivity contribution in [1.82, 2.24) is 0 Å². The molecule has 0 saturated heterocycles. The van der Waals surface area contributed by atoms with Gasteiger partial charge in [0.2, 0.25) is 0 Å². The summed E-state index contributed by atoms with van der Waals surface area (Å²) in [6, 6.07) is 15.9. The maximum absolute atomic E-state index is 12.6. The van der Waals surface area contributed by atoms with Crippen molar-refractivity contribution in [2.45, 2.75) is 31.3 Å². The van der Waals surface area contributed by atoms with Gasteiger partial charge in [-0.2, -0.15) is 0 Å². The van der Waals surface area contributed by atoms with E-state index in [4.69, 9.17) is 0 Å². The molecule has 5 N–H and O–H groups in total. The number of aliphatic hydroxyl groups excluding tert-OH is 4.